The zero-order valence-electron chi connectivity index (χ0n) is 11.4. The van der Waals surface area contributed by atoms with Gasteiger partial charge in [0.25, 0.3) is 5.60 Å². The molecule has 0 aliphatic heterocycles. The number of nitriles is 1. The highest BCUT2D eigenvalue weighted by molar-refractivity contribution is 6.70. The number of rotatable bonds is 4. The number of hydrogen-bond donors (Lipinski definition) is 0. The molecule has 0 spiro atoms. The van der Waals surface area contributed by atoms with Crippen molar-refractivity contribution in [3.05, 3.63) is 34.9 Å². The Morgan fingerprint density at radius 2 is 2.05 bits per heavy atom. The van der Waals surface area contributed by atoms with E-state index in [-0.39, 0.29) is 0 Å². The predicted molar refractivity (Wildman–Crippen MR) is 75.2 cm³/mol. The number of nitrogens with zero attached hydrogens (tertiary/aromatic N) is 1. The summed E-state index contributed by atoms with van der Waals surface area (Å²) in [5, 5.41) is 9.92. The SMILES string of the molecule is COC(=O)C(C#N)(O[Si](C)(C)C)c1cccc(Cl)c1. The molecule has 1 unspecified atom stereocenters. The lowest BCUT2D eigenvalue weighted by Crippen LogP contribution is -2.46. The average Bonchev–Trinajstić information content (AvgIpc) is 2.34. The van der Waals surface area contributed by atoms with Gasteiger partial charge in [-0.2, -0.15) is 5.26 Å². The van der Waals surface area contributed by atoms with E-state index < -0.39 is 19.9 Å². The summed E-state index contributed by atoms with van der Waals surface area (Å²) in [6.45, 7) is 5.69. The highest BCUT2D eigenvalue weighted by atomic mass is 35.5. The summed E-state index contributed by atoms with van der Waals surface area (Å²) in [6.07, 6.45) is 0. The van der Waals surface area contributed by atoms with Gasteiger partial charge in [-0.05, 0) is 31.8 Å². The van der Waals surface area contributed by atoms with Crippen molar-refractivity contribution in [3.63, 3.8) is 0 Å². The molecule has 0 bridgehead atoms. The lowest BCUT2D eigenvalue weighted by atomic mass is 9.96. The molecular weight excluding hydrogens is 282 g/mol. The van der Waals surface area contributed by atoms with E-state index in [4.69, 9.17) is 20.8 Å². The summed E-state index contributed by atoms with van der Waals surface area (Å²) in [6, 6.07) is 8.45. The number of carbonyl (C=O) groups is 1. The Kier molecular flexibility index (Phi) is 4.74. The molecule has 102 valence electrons. The van der Waals surface area contributed by atoms with Crippen LogP contribution in [0.1, 0.15) is 5.56 Å². The molecule has 0 aliphatic carbocycles. The van der Waals surface area contributed by atoms with Crippen molar-refractivity contribution < 1.29 is 14.0 Å². The molecule has 0 radical (unpaired) electrons. The quantitative estimate of drug-likeness (QED) is 0.633. The Balaban J connectivity index is 3.42. The second kappa shape index (κ2) is 5.74. The third-order valence-electron chi connectivity index (χ3n) is 2.32. The Bertz CT molecular complexity index is 521. The number of carbonyl (C=O) groups excluding carboxylic acids is 1. The first-order valence-corrected chi connectivity index (χ1v) is 9.49. The minimum atomic E-state index is -2.16. The molecule has 1 aromatic carbocycles. The van der Waals surface area contributed by atoms with Gasteiger partial charge in [-0.15, -0.1) is 0 Å². The largest absolute Gasteiger partial charge is 0.466 e. The van der Waals surface area contributed by atoms with E-state index in [2.05, 4.69) is 0 Å². The van der Waals surface area contributed by atoms with Crippen LogP contribution < -0.4 is 0 Å². The molecule has 1 aromatic rings. The van der Waals surface area contributed by atoms with Gasteiger partial charge in [0.1, 0.15) is 6.07 Å². The first-order valence-electron chi connectivity index (χ1n) is 5.71. The topological polar surface area (TPSA) is 59.3 Å². The second-order valence-electron chi connectivity index (χ2n) is 5.01. The zero-order valence-corrected chi connectivity index (χ0v) is 13.1. The average molecular weight is 298 g/mol. The summed E-state index contributed by atoms with van der Waals surface area (Å²) in [4.78, 5) is 12.1. The Morgan fingerprint density at radius 1 is 1.42 bits per heavy atom. The summed E-state index contributed by atoms with van der Waals surface area (Å²) in [5.74, 6) is -0.736. The van der Waals surface area contributed by atoms with Crippen LogP contribution in [0.25, 0.3) is 0 Å². The van der Waals surface area contributed by atoms with E-state index in [1.54, 1.807) is 24.3 Å². The summed E-state index contributed by atoms with van der Waals surface area (Å²) >= 11 is 5.92. The zero-order chi connectivity index (χ0) is 14.7. The van der Waals surface area contributed by atoms with Gasteiger partial charge in [0, 0.05) is 10.6 Å². The molecule has 0 saturated carbocycles. The van der Waals surface area contributed by atoms with Gasteiger partial charge in [0.2, 0.25) is 0 Å². The van der Waals surface area contributed by atoms with Crippen LogP contribution >= 0.6 is 11.6 Å². The van der Waals surface area contributed by atoms with Crippen molar-refractivity contribution in [2.75, 3.05) is 7.11 Å². The monoisotopic (exact) mass is 297 g/mol. The van der Waals surface area contributed by atoms with Crippen LogP contribution in [0.2, 0.25) is 24.7 Å². The van der Waals surface area contributed by atoms with Crippen LogP contribution in [0.4, 0.5) is 0 Å². The van der Waals surface area contributed by atoms with Gasteiger partial charge in [0.15, 0.2) is 8.32 Å². The smallest absolute Gasteiger partial charge is 0.357 e. The first-order chi connectivity index (χ1) is 8.75. The van der Waals surface area contributed by atoms with Crippen molar-refractivity contribution in [2.24, 2.45) is 0 Å². The molecule has 0 saturated heterocycles. The Morgan fingerprint density at radius 3 is 2.47 bits per heavy atom. The Hall–Kier alpha value is -1.35. The van der Waals surface area contributed by atoms with Crippen LogP contribution in [0.15, 0.2) is 24.3 Å². The van der Waals surface area contributed by atoms with E-state index in [0.717, 1.165) is 0 Å². The van der Waals surface area contributed by atoms with E-state index in [1.807, 2.05) is 25.7 Å². The molecular formula is C13H16ClNO3Si. The molecule has 1 atom stereocenters. The van der Waals surface area contributed by atoms with Gasteiger partial charge >= 0.3 is 5.97 Å². The normalized spacial score (nSPS) is 14.3. The maximum atomic E-state index is 12.1. The van der Waals surface area contributed by atoms with E-state index in [0.29, 0.717) is 10.6 Å². The first kappa shape index (κ1) is 15.7. The molecule has 0 fully saturated rings. The van der Waals surface area contributed by atoms with Crippen LogP contribution in [0.3, 0.4) is 0 Å². The summed E-state index contributed by atoms with van der Waals surface area (Å²) < 4.78 is 10.6. The molecule has 0 aromatic heterocycles. The van der Waals surface area contributed by atoms with Gasteiger partial charge in [0.05, 0.1) is 7.11 Å². The molecule has 0 amide bonds. The highest BCUT2D eigenvalue weighted by Gasteiger charge is 2.46. The highest BCUT2D eigenvalue weighted by Crippen LogP contribution is 2.32. The standard InChI is InChI=1S/C13H16ClNO3Si/c1-17-12(16)13(9-15,18-19(2,3)4)10-6-5-7-11(14)8-10/h5-8H,1-4H3. The van der Waals surface area contributed by atoms with Crippen LogP contribution in [-0.4, -0.2) is 21.4 Å². The molecule has 0 heterocycles. The number of hydrogen-bond acceptors (Lipinski definition) is 4. The third-order valence-corrected chi connectivity index (χ3v) is 3.47. The maximum absolute atomic E-state index is 12.1. The molecule has 1 rings (SSSR count). The Labute approximate surface area is 119 Å². The van der Waals surface area contributed by atoms with Gasteiger partial charge < -0.3 is 9.16 Å². The van der Waals surface area contributed by atoms with E-state index in [1.165, 1.54) is 7.11 Å². The van der Waals surface area contributed by atoms with Gasteiger partial charge in [-0.1, -0.05) is 23.7 Å². The summed E-state index contributed by atoms with van der Waals surface area (Å²) in [5.41, 5.74) is -1.37. The molecule has 4 nitrogen and oxygen atoms in total. The van der Waals surface area contributed by atoms with Crippen molar-refractivity contribution in [1.82, 2.24) is 0 Å². The molecule has 6 heteroatoms. The number of ether oxygens (including phenoxy) is 1. The number of benzene rings is 1. The van der Waals surface area contributed by atoms with Crippen molar-refractivity contribution in [1.29, 1.82) is 5.26 Å². The number of halogens is 1. The van der Waals surface area contributed by atoms with Gasteiger partial charge in [-0.25, -0.2) is 4.79 Å². The third kappa shape index (κ3) is 3.57. The summed E-state index contributed by atoms with van der Waals surface area (Å²) in [7, 11) is -0.931. The van der Waals surface area contributed by atoms with E-state index in [9.17, 15) is 10.1 Å². The lowest BCUT2D eigenvalue weighted by molar-refractivity contribution is -0.155. The van der Waals surface area contributed by atoms with Crippen molar-refractivity contribution >= 4 is 25.9 Å². The molecule has 0 N–H and O–H groups in total. The fraction of sp³-hybridized carbons (Fsp3) is 0.385. The van der Waals surface area contributed by atoms with E-state index >= 15 is 0 Å². The maximum Gasteiger partial charge on any atom is 0.357 e. The minimum absolute atomic E-state index is 0.386. The van der Waals surface area contributed by atoms with Crippen LogP contribution in [0.5, 0.6) is 0 Å². The lowest BCUT2D eigenvalue weighted by Gasteiger charge is -2.31. The van der Waals surface area contributed by atoms with Crippen molar-refractivity contribution in [3.8, 4) is 6.07 Å². The number of methoxy groups -OCH3 is 1. The van der Waals surface area contributed by atoms with Gasteiger partial charge in [-0.3, -0.25) is 0 Å². The fourth-order valence-electron chi connectivity index (χ4n) is 1.66. The number of esters is 1. The molecule has 19 heavy (non-hydrogen) atoms. The van der Waals surface area contributed by atoms with Crippen LogP contribution in [0, 0.1) is 11.3 Å². The predicted octanol–water partition coefficient (Wildman–Crippen LogP) is 3.08. The fourth-order valence-corrected chi connectivity index (χ4v) is 3.02. The second-order valence-corrected chi connectivity index (χ2v) is 9.87. The minimum Gasteiger partial charge on any atom is -0.466 e. The van der Waals surface area contributed by atoms with Crippen molar-refractivity contribution in [2.45, 2.75) is 25.2 Å². The van der Waals surface area contributed by atoms with Crippen LogP contribution in [-0.2, 0) is 19.6 Å². The molecule has 0 aliphatic rings.